The second-order valence-corrected chi connectivity index (χ2v) is 5.55. The highest BCUT2D eigenvalue weighted by molar-refractivity contribution is 7.09. The number of amides is 1. The van der Waals surface area contributed by atoms with E-state index in [0.29, 0.717) is 19.0 Å². The van der Waals surface area contributed by atoms with Crippen molar-refractivity contribution in [2.75, 3.05) is 13.6 Å². The molecule has 1 fully saturated rings. The fraction of sp³-hybridized carbons (Fsp3) is 0.667. The number of aromatic nitrogens is 1. The van der Waals surface area contributed by atoms with Gasteiger partial charge in [-0.1, -0.05) is 0 Å². The van der Waals surface area contributed by atoms with E-state index >= 15 is 0 Å². The Hall–Kier alpha value is -0.360. The highest BCUT2D eigenvalue weighted by Crippen LogP contribution is 2.16. The summed E-state index contributed by atoms with van der Waals surface area (Å²) in [6, 6.07) is 0.382. The summed E-state index contributed by atoms with van der Waals surface area (Å²) >= 11 is 1.62. The van der Waals surface area contributed by atoms with E-state index in [1.807, 2.05) is 19.5 Å². The lowest BCUT2D eigenvalue weighted by Crippen LogP contribution is -2.33. The molecule has 1 aromatic heterocycles. The average Bonchev–Trinajstić information content (AvgIpc) is 2.91. The van der Waals surface area contributed by atoms with Gasteiger partial charge in [0.2, 0.25) is 5.91 Å². The summed E-state index contributed by atoms with van der Waals surface area (Å²) in [7, 11) is 1.87. The molecule has 0 saturated carbocycles. The quantitative estimate of drug-likeness (QED) is 0.924. The molecular formula is C12H21Cl2N3OS. The highest BCUT2D eigenvalue weighted by Gasteiger charge is 2.20. The van der Waals surface area contributed by atoms with Crippen LogP contribution in [0, 0.1) is 6.92 Å². The molecule has 1 N–H and O–H groups in total. The van der Waals surface area contributed by atoms with Gasteiger partial charge in [-0.3, -0.25) is 4.79 Å². The Morgan fingerprint density at radius 3 is 2.84 bits per heavy atom. The first-order chi connectivity index (χ1) is 8.16. The summed E-state index contributed by atoms with van der Waals surface area (Å²) in [6.07, 6.45) is 2.93. The van der Waals surface area contributed by atoms with Crippen LogP contribution in [0.3, 0.4) is 0 Å². The minimum Gasteiger partial charge on any atom is -0.340 e. The molecule has 7 heteroatoms. The zero-order valence-electron chi connectivity index (χ0n) is 11.2. The molecule has 0 aromatic carbocycles. The molecule has 4 nitrogen and oxygen atoms in total. The van der Waals surface area contributed by atoms with Crippen LogP contribution in [0.1, 0.15) is 29.8 Å². The number of nitrogens with one attached hydrogen (secondary N) is 1. The minimum absolute atomic E-state index is 0. The zero-order chi connectivity index (χ0) is 12.3. The number of carbonyl (C=O) groups excluding carboxylic acids is 1. The standard InChI is InChI=1S/C12H19N3OS.2ClH/c1-9-11(17-8-14-9)7-15(2)12(16)6-10-4-3-5-13-10;;/h8,10,13H,3-7H2,1-2H3;2*1H. The van der Waals surface area contributed by atoms with E-state index in [9.17, 15) is 4.79 Å². The summed E-state index contributed by atoms with van der Waals surface area (Å²) in [4.78, 5) is 19.2. The van der Waals surface area contributed by atoms with E-state index in [1.54, 1.807) is 16.2 Å². The van der Waals surface area contributed by atoms with Crippen LogP contribution in [-0.2, 0) is 11.3 Å². The van der Waals surface area contributed by atoms with Gasteiger partial charge in [-0.05, 0) is 26.3 Å². The van der Waals surface area contributed by atoms with Crippen LogP contribution in [0.25, 0.3) is 0 Å². The number of hydrogen-bond donors (Lipinski definition) is 1. The van der Waals surface area contributed by atoms with Crippen molar-refractivity contribution in [1.82, 2.24) is 15.2 Å². The third-order valence-electron chi connectivity index (χ3n) is 3.23. The Kier molecular flexibility index (Phi) is 8.57. The van der Waals surface area contributed by atoms with Crippen LogP contribution >= 0.6 is 36.2 Å². The van der Waals surface area contributed by atoms with Gasteiger partial charge in [-0.25, -0.2) is 4.98 Å². The fourth-order valence-corrected chi connectivity index (χ4v) is 2.91. The van der Waals surface area contributed by atoms with E-state index < -0.39 is 0 Å². The van der Waals surface area contributed by atoms with E-state index in [-0.39, 0.29) is 30.7 Å². The lowest BCUT2D eigenvalue weighted by atomic mass is 10.1. The van der Waals surface area contributed by atoms with Gasteiger partial charge in [-0.15, -0.1) is 36.2 Å². The summed E-state index contributed by atoms with van der Waals surface area (Å²) in [5.41, 5.74) is 2.87. The van der Waals surface area contributed by atoms with Crippen molar-refractivity contribution >= 4 is 42.1 Å². The number of hydrogen-bond acceptors (Lipinski definition) is 4. The second kappa shape index (κ2) is 8.74. The number of thiazole rings is 1. The number of halogens is 2. The molecule has 0 radical (unpaired) electrons. The topological polar surface area (TPSA) is 45.2 Å². The maximum Gasteiger partial charge on any atom is 0.224 e. The number of rotatable bonds is 4. The van der Waals surface area contributed by atoms with Crippen molar-refractivity contribution in [1.29, 1.82) is 0 Å². The van der Waals surface area contributed by atoms with Gasteiger partial charge < -0.3 is 10.2 Å². The van der Waals surface area contributed by atoms with Crippen molar-refractivity contribution < 1.29 is 4.79 Å². The van der Waals surface area contributed by atoms with Crippen LogP contribution in [0.5, 0.6) is 0 Å². The lowest BCUT2D eigenvalue weighted by Gasteiger charge is -2.19. The van der Waals surface area contributed by atoms with Crippen LogP contribution in [0.4, 0.5) is 0 Å². The first kappa shape index (κ1) is 18.6. The molecule has 1 atom stereocenters. The zero-order valence-corrected chi connectivity index (χ0v) is 13.7. The number of nitrogens with zero attached hydrogens (tertiary/aromatic N) is 2. The molecule has 2 rings (SSSR count). The van der Waals surface area contributed by atoms with E-state index in [1.165, 1.54) is 11.3 Å². The van der Waals surface area contributed by atoms with Gasteiger partial charge in [-0.2, -0.15) is 0 Å². The molecule has 2 heterocycles. The monoisotopic (exact) mass is 325 g/mol. The Bertz CT molecular complexity index is 394. The number of carbonyl (C=O) groups is 1. The molecule has 1 aliphatic heterocycles. The molecule has 0 spiro atoms. The van der Waals surface area contributed by atoms with Crippen molar-refractivity contribution in [2.24, 2.45) is 0 Å². The molecule has 0 bridgehead atoms. The van der Waals surface area contributed by atoms with Gasteiger partial charge in [0.25, 0.3) is 0 Å². The third-order valence-corrected chi connectivity index (χ3v) is 4.15. The van der Waals surface area contributed by atoms with E-state index in [2.05, 4.69) is 10.3 Å². The smallest absolute Gasteiger partial charge is 0.224 e. The summed E-state index contributed by atoms with van der Waals surface area (Å²) in [6.45, 7) is 3.72. The Balaban J connectivity index is 0.00000162. The highest BCUT2D eigenvalue weighted by atomic mass is 35.5. The summed E-state index contributed by atoms with van der Waals surface area (Å²) in [5.74, 6) is 0.220. The van der Waals surface area contributed by atoms with Crippen molar-refractivity contribution in [3.8, 4) is 0 Å². The van der Waals surface area contributed by atoms with Crippen molar-refractivity contribution in [3.05, 3.63) is 16.1 Å². The van der Waals surface area contributed by atoms with Crippen LogP contribution in [-0.4, -0.2) is 35.4 Å². The SMILES string of the molecule is Cc1ncsc1CN(C)C(=O)CC1CCCN1.Cl.Cl. The predicted octanol–water partition coefficient (Wildman–Crippen LogP) is 2.40. The second-order valence-electron chi connectivity index (χ2n) is 4.61. The fourth-order valence-electron chi connectivity index (χ4n) is 2.08. The van der Waals surface area contributed by atoms with E-state index in [0.717, 1.165) is 18.7 Å². The van der Waals surface area contributed by atoms with Crippen molar-refractivity contribution in [3.63, 3.8) is 0 Å². The van der Waals surface area contributed by atoms with Crippen LogP contribution in [0.15, 0.2) is 5.51 Å². The molecular weight excluding hydrogens is 305 g/mol. The minimum atomic E-state index is 0. The molecule has 110 valence electrons. The van der Waals surface area contributed by atoms with Crippen LogP contribution in [0.2, 0.25) is 0 Å². The summed E-state index contributed by atoms with van der Waals surface area (Å²) in [5, 5.41) is 3.36. The van der Waals surface area contributed by atoms with Gasteiger partial charge in [0.05, 0.1) is 17.7 Å². The third kappa shape index (κ3) is 5.26. The molecule has 0 aliphatic carbocycles. The molecule has 1 saturated heterocycles. The Labute approximate surface area is 130 Å². The molecule has 1 aliphatic rings. The van der Waals surface area contributed by atoms with E-state index in [4.69, 9.17) is 0 Å². The molecule has 19 heavy (non-hydrogen) atoms. The molecule has 1 amide bonds. The first-order valence-electron chi connectivity index (χ1n) is 6.03. The largest absolute Gasteiger partial charge is 0.340 e. The molecule has 1 aromatic rings. The number of aryl methyl sites for hydroxylation is 1. The summed E-state index contributed by atoms with van der Waals surface area (Å²) < 4.78 is 0. The van der Waals surface area contributed by atoms with Gasteiger partial charge in [0.1, 0.15) is 0 Å². The van der Waals surface area contributed by atoms with Gasteiger partial charge in [0.15, 0.2) is 0 Å². The lowest BCUT2D eigenvalue weighted by molar-refractivity contribution is -0.130. The van der Waals surface area contributed by atoms with Crippen molar-refractivity contribution in [2.45, 2.75) is 38.8 Å². The maximum atomic E-state index is 12.0. The Morgan fingerprint density at radius 2 is 2.32 bits per heavy atom. The first-order valence-corrected chi connectivity index (χ1v) is 6.91. The normalized spacial score (nSPS) is 17.5. The van der Waals surface area contributed by atoms with Gasteiger partial charge >= 0.3 is 0 Å². The Morgan fingerprint density at radius 1 is 1.58 bits per heavy atom. The maximum absolute atomic E-state index is 12.0. The van der Waals surface area contributed by atoms with Gasteiger partial charge in [0, 0.05) is 24.4 Å². The predicted molar refractivity (Wildman–Crippen MR) is 83.5 cm³/mol. The van der Waals surface area contributed by atoms with Crippen LogP contribution < -0.4 is 5.32 Å². The average molecular weight is 326 g/mol. The molecule has 1 unspecified atom stereocenters.